The Morgan fingerprint density at radius 1 is 1.11 bits per heavy atom. The molecule has 0 bridgehead atoms. The first kappa shape index (κ1) is 20.6. The number of nitrogens with one attached hydrogen (secondary N) is 1. The van der Waals surface area contributed by atoms with E-state index in [-0.39, 0.29) is 35.2 Å². The molecule has 1 aliphatic heterocycles. The summed E-state index contributed by atoms with van der Waals surface area (Å²) >= 11 is 0. The zero-order valence-electron chi connectivity index (χ0n) is 16.4. The van der Waals surface area contributed by atoms with Crippen LogP contribution in [0.25, 0.3) is 11.1 Å². The molecule has 1 heterocycles. The predicted molar refractivity (Wildman–Crippen MR) is 107 cm³/mol. The molecule has 4 nitrogen and oxygen atoms in total. The van der Waals surface area contributed by atoms with Crippen molar-refractivity contribution in [2.45, 2.75) is 31.0 Å². The van der Waals surface area contributed by atoms with Gasteiger partial charge in [-0.05, 0) is 28.3 Å². The number of piperidine rings is 1. The number of carbonyl (C=O) groups excluding carboxylic acids is 1. The maximum absolute atomic E-state index is 12.7. The summed E-state index contributed by atoms with van der Waals surface area (Å²) in [7, 11) is 4.41. The van der Waals surface area contributed by atoms with Crippen LogP contribution >= 0.6 is 0 Å². The molecule has 1 fully saturated rings. The van der Waals surface area contributed by atoms with E-state index in [4.69, 9.17) is 4.74 Å². The fourth-order valence-corrected chi connectivity index (χ4v) is 4.42. The number of alkyl carbamates (subject to hydrolysis) is 1. The molecule has 0 unspecified atom stereocenters. The van der Waals surface area contributed by atoms with Crippen LogP contribution in [0.3, 0.4) is 0 Å². The average Bonchev–Trinajstić information content (AvgIpc) is 2.97. The summed E-state index contributed by atoms with van der Waals surface area (Å²) in [5.41, 5.74) is 4.62. The van der Waals surface area contributed by atoms with Crippen molar-refractivity contribution in [2.75, 3.05) is 20.6 Å². The Bertz CT molecular complexity index is 835. The van der Waals surface area contributed by atoms with Gasteiger partial charge in [-0.1, -0.05) is 55.1 Å². The number of fused-ring (bicyclic) bond motifs is 3. The fraction of sp³-hybridized carbons (Fsp3) is 0.348. The molecule has 0 radical (unpaired) electrons. The van der Waals surface area contributed by atoms with Gasteiger partial charge in [0.05, 0.1) is 26.7 Å². The molecule has 1 aliphatic carbocycles. The number of ether oxygens (including phenoxy) is 1. The zero-order valence-corrected chi connectivity index (χ0v) is 18.0. The van der Waals surface area contributed by atoms with Gasteiger partial charge < -0.3 is 31.5 Å². The Labute approximate surface area is 177 Å². The standard InChI is InChI=1S/C23H26N2O2.BrH/c1-4-16-15-17(13-14-25(16,2)3)27-23(26)24-22-20-11-7-5-9-18(20)19-10-6-8-12-21(19)22;/h4-12,16-17,22H,1,13-15H2,2-3H3;1H/t16-,17+;/m1./s1. The van der Waals surface area contributed by atoms with E-state index in [1.807, 2.05) is 30.3 Å². The second kappa shape index (κ2) is 8.10. The van der Waals surface area contributed by atoms with Crippen LogP contribution in [0, 0.1) is 0 Å². The maximum Gasteiger partial charge on any atom is 0.408 e. The molecule has 1 N–H and O–H groups in total. The molecule has 28 heavy (non-hydrogen) atoms. The normalized spacial score (nSPS) is 22.4. The van der Waals surface area contributed by atoms with Gasteiger partial charge in [-0.15, -0.1) is 0 Å². The molecule has 4 rings (SSSR count). The number of amides is 1. The Morgan fingerprint density at radius 2 is 1.68 bits per heavy atom. The molecule has 0 saturated carbocycles. The molecule has 1 saturated heterocycles. The quantitative estimate of drug-likeness (QED) is 0.574. The number of likely N-dealkylation sites (tertiary alicyclic amines) is 1. The molecule has 0 spiro atoms. The van der Waals surface area contributed by atoms with Crippen LogP contribution in [-0.2, 0) is 4.74 Å². The Balaban J connectivity index is 0.00000225. The highest BCUT2D eigenvalue weighted by Gasteiger charge is 2.37. The summed E-state index contributed by atoms with van der Waals surface area (Å²) in [6.45, 7) is 4.93. The van der Waals surface area contributed by atoms with E-state index in [1.54, 1.807) is 0 Å². The van der Waals surface area contributed by atoms with Crippen LogP contribution in [0.4, 0.5) is 4.79 Å². The predicted octanol–water partition coefficient (Wildman–Crippen LogP) is 1.28. The monoisotopic (exact) mass is 442 g/mol. The minimum atomic E-state index is -0.341. The number of rotatable bonds is 3. The third kappa shape index (κ3) is 3.74. The lowest BCUT2D eigenvalue weighted by Crippen LogP contribution is -3.00. The highest BCUT2D eigenvalue weighted by Crippen LogP contribution is 2.43. The number of hydrogen-bond acceptors (Lipinski definition) is 2. The summed E-state index contributed by atoms with van der Waals surface area (Å²) in [6, 6.07) is 16.6. The van der Waals surface area contributed by atoms with Crippen molar-refractivity contribution < 1.29 is 31.0 Å². The Morgan fingerprint density at radius 3 is 2.25 bits per heavy atom. The van der Waals surface area contributed by atoms with E-state index in [0.29, 0.717) is 6.04 Å². The number of quaternary nitrogens is 1. The highest BCUT2D eigenvalue weighted by molar-refractivity contribution is 5.81. The van der Waals surface area contributed by atoms with Gasteiger partial charge in [-0.2, -0.15) is 0 Å². The van der Waals surface area contributed by atoms with Crippen molar-refractivity contribution in [3.05, 3.63) is 72.3 Å². The maximum atomic E-state index is 12.7. The van der Waals surface area contributed by atoms with E-state index < -0.39 is 0 Å². The minimum absolute atomic E-state index is 0. The van der Waals surface area contributed by atoms with Gasteiger partial charge in [0.2, 0.25) is 0 Å². The number of halogens is 1. The topological polar surface area (TPSA) is 38.3 Å². The first-order chi connectivity index (χ1) is 13.0. The van der Waals surface area contributed by atoms with Crippen molar-refractivity contribution in [3.8, 4) is 11.1 Å². The number of nitrogens with zero attached hydrogens (tertiary/aromatic N) is 1. The largest absolute Gasteiger partial charge is 1.00 e. The van der Waals surface area contributed by atoms with Gasteiger partial charge in [0, 0.05) is 12.8 Å². The number of likely N-dealkylation sites (N-methyl/N-ethyl adjacent to an activating group) is 1. The van der Waals surface area contributed by atoms with Crippen LogP contribution in [-0.4, -0.2) is 43.4 Å². The molecule has 1 amide bonds. The SMILES string of the molecule is C=C[C@@H]1C[C@@H](OC(=O)NC2c3ccccc3-c3ccccc32)CC[N+]1(C)C.[Br-]. The Hall–Kier alpha value is -2.11. The molecule has 5 heteroatoms. The van der Waals surface area contributed by atoms with Crippen molar-refractivity contribution >= 4 is 6.09 Å². The van der Waals surface area contributed by atoms with E-state index in [0.717, 1.165) is 35.0 Å². The lowest BCUT2D eigenvalue weighted by Gasteiger charge is -2.42. The van der Waals surface area contributed by atoms with Crippen LogP contribution in [0.5, 0.6) is 0 Å². The third-order valence-corrected chi connectivity index (χ3v) is 6.07. The van der Waals surface area contributed by atoms with Gasteiger partial charge in [0.25, 0.3) is 0 Å². The Kier molecular flexibility index (Phi) is 5.96. The van der Waals surface area contributed by atoms with Gasteiger partial charge in [-0.25, -0.2) is 4.79 Å². The molecule has 0 aromatic heterocycles. The lowest BCUT2D eigenvalue weighted by molar-refractivity contribution is -0.914. The summed E-state index contributed by atoms with van der Waals surface area (Å²) < 4.78 is 6.70. The fourth-order valence-electron chi connectivity index (χ4n) is 4.42. The van der Waals surface area contributed by atoms with Gasteiger partial charge in [0.15, 0.2) is 0 Å². The van der Waals surface area contributed by atoms with Gasteiger partial charge >= 0.3 is 6.09 Å². The summed E-state index contributed by atoms with van der Waals surface area (Å²) in [6.07, 6.45) is 3.28. The number of benzene rings is 2. The van der Waals surface area contributed by atoms with Gasteiger partial charge in [0.1, 0.15) is 12.1 Å². The summed E-state index contributed by atoms with van der Waals surface area (Å²) in [5.74, 6) is 0. The molecular weight excluding hydrogens is 416 g/mol. The molecule has 2 aromatic carbocycles. The first-order valence-electron chi connectivity index (χ1n) is 9.60. The number of hydrogen-bond donors (Lipinski definition) is 1. The van der Waals surface area contributed by atoms with E-state index in [2.05, 4.69) is 50.3 Å². The molecular formula is C23H27BrN2O2. The zero-order chi connectivity index (χ0) is 19.0. The van der Waals surface area contributed by atoms with Crippen molar-refractivity contribution in [2.24, 2.45) is 0 Å². The highest BCUT2D eigenvalue weighted by atomic mass is 79.9. The summed E-state index contributed by atoms with van der Waals surface area (Å²) in [5, 5.41) is 3.10. The second-order valence-electron chi connectivity index (χ2n) is 8.11. The van der Waals surface area contributed by atoms with Crippen LogP contribution in [0.15, 0.2) is 61.2 Å². The van der Waals surface area contributed by atoms with Crippen molar-refractivity contribution in [3.63, 3.8) is 0 Å². The second-order valence-corrected chi connectivity index (χ2v) is 8.11. The van der Waals surface area contributed by atoms with Crippen LogP contribution in [0.1, 0.15) is 30.0 Å². The van der Waals surface area contributed by atoms with Crippen LogP contribution < -0.4 is 22.3 Å². The van der Waals surface area contributed by atoms with Crippen LogP contribution in [0.2, 0.25) is 0 Å². The molecule has 2 aliphatic rings. The molecule has 2 atom stereocenters. The minimum Gasteiger partial charge on any atom is -1.00 e. The summed E-state index contributed by atoms with van der Waals surface area (Å²) in [4.78, 5) is 12.7. The first-order valence-corrected chi connectivity index (χ1v) is 9.60. The molecule has 2 aromatic rings. The third-order valence-electron chi connectivity index (χ3n) is 6.07. The van der Waals surface area contributed by atoms with E-state index >= 15 is 0 Å². The van der Waals surface area contributed by atoms with E-state index in [1.165, 1.54) is 11.1 Å². The number of carbonyl (C=O) groups is 1. The van der Waals surface area contributed by atoms with Crippen molar-refractivity contribution in [1.82, 2.24) is 5.32 Å². The van der Waals surface area contributed by atoms with E-state index in [9.17, 15) is 4.79 Å². The molecule has 148 valence electrons. The van der Waals surface area contributed by atoms with Gasteiger partial charge in [-0.3, -0.25) is 0 Å². The van der Waals surface area contributed by atoms with Crippen molar-refractivity contribution in [1.29, 1.82) is 0 Å². The average molecular weight is 443 g/mol. The smallest absolute Gasteiger partial charge is 0.408 e. The lowest BCUT2D eigenvalue weighted by atomic mass is 9.97.